The molecule has 9 nitrogen and oxygen atoms in total. The van der Waals surface area contributed by atoms with Gasteiger partial charge in [0.1, 0.15) is 12.1 Å². The van der Waals surface area contributed by atoms with Crippen molar-refractivity contribution in [1.82, 2.24) is 14.9 Å². The first kappa shape index (κ1) is 15.2. The first-order valence-electron chi connectivity index (χ1n) is 6.60. The number of benzene rings is 1. The minimum atomic E-state index is -3.86. The third kappa shape index (κ3) is 3.22. The van der Waals surface area contributed by atoms with E-state index < -0.39 is 10.2 Å². The van der Waals surface area contributed by atoms with Crippen LogP contribution in [0.1, 0.15) is 5.56 Å². The topological polar surface area (TPSA) is 130 Å². The number of amides is 2. The van der Waals surface area contributed by atoms with Crippen molar-refractivity contribution >= 4 is 27.7 Å². The monoisotopic (exact) mass is 334 g/mol. The van der Waals surface area contributed by atoms with E-state index in [2.05, 4.69) is 20.0 Å². The smallest absolute Gasteiger partial charge is 0.323 e. The maximum atomic E-state index is 11.7. The van der Waals surface area contributed by atoms with Crippen LogP contribution < -0.4 is 15.2 Å². The highest BCUT2D eigenvalue weighted by Crippen LogP contribution is 2.30. The van der Waals surface area contributed by atoms with Crippen LogP contribution in [0.3, 0.4) is 0 Å². The minimum Gasteiger partial charge on any atom is -0.323 e. The van der Waals surface area contributed by atoms with E-state index in [0.717, 1.165) is 5.56 Å². The van der Waals surface area contributed by atoms with E-state index in [1.165, 1.54) is 11.2 Å². The molecule has 0 saturated carbocycles. The highest BCUT2D eigenvalue weighted by molar-refractivity contribution is 7.90. The number of urea groups is 1. The number of rotatable bonds is 3. The van der Waals surface area contributed by atoms with Crippen LogP contribution in [0, 0.1) is 0 Å². The summed E-state index contributed by atoms with van der Waals surface area (Å²) in [5, 5.41) is 7.66. The summed E-state index contributed by atoms with van der Waals surface area (Å²) in [7, 11) is -2.20. The van der Waals surface area contributed by atoms with Crippen molar-refractivity contribution in [3.05, 3.63) is 36.2 Å². The number of hydrogen-bond donors (Lipinski definition) is 3. The zero-order chi connectivity index (χ0) is 16.6. The van der Waals surface area contributed by atoms with Crippen LogP contribution in [0.15, 0.2) is 30.6 Å². The van der Waals surface area contributed by atoms with E-state index in [-0.39, 0.29) is 6.03 Å². The quantitative estimate of drug-likeness (QED) is 0.762. The van der Waals surface area contributed by atoms with Crippen molar-refractivity contribution in [3.63, 3.8) is 0 Å². The van der Waals surface area contributed by atoms with Crippen LogP contribution in [0.5, 0.6) is 0 Å². The number of aromatic nitrogens is 2. The molecule has 2 heterocycles. The first-order chi connectivity index (χ1) is 10.8. The molecular formula is C13H14N6O3S. The molecule has 0 bridgehead atoms. The van der Waals surface area contributed by atoms with E-state index in [1.54, 1.807) is 31.3 Å². The summed E-state index contributed by atoms with van der Waals surface area (Å²) in [6.45, 7) is 0.351. The highest BCUT2D eigenvalue weighted by Gasteiger charge is 2.24. The molecule has 0 radical (unpaired) electrons. The lowest BCUT2D eigenvalue weighted by atomic mass is 10.0. The Morgan fingerprint density at radius 2 is 2.13 bits per heavy atom. The Balaban J connectivity index is 2.05. The molecule has 23 heavy (non-hydrogen) atoms. The predicted octanol–water partition coefficient (Wildman–Crippen LogP) is 0.736. The molecule has 3 rings (SSSR count). The summed E-state index contributed by atoms with van der Waals surface area (Å²) in [6.07, 6.45) is 1.35. The Kier molecular flexibility index (Phi) is 3.62. The van der Waals surface area contributed by atoms with Gasteiger partial charge in [-0.1, -0.05) is 12.1 Å². The summed E-state index contributed by atoms with van der Waals surface area (Å²) in [6, 6.07) is 6.42. The average molecular weight is 334 g/mol. The summed E-state index contributed by atoms with van der Waals surface area (Å²) < 4.78 is 24.5. The van der Waals surface area contributed by atoms with Crippen LogP contribution in [-0.4, -0.2) is 36.4 Å². The van der Waals surface area contributed by atoms with Crippen LogP contribution in [0.2, 0.25) is 0 Å². The zero-order valence-corrected chi connectivity index (χ0v) is 13.0. The van der Waals surface area contributed by atoms with E-state index >= 15 is 0 Å². The lowest BCUT2D eigenvalue weighted by Crippen LogP contribution is -2.36. The predicted molar refractivity (Wildman–Crippen MR) is 84.7 cm³/mol. The number of anilines is 2. The maximum Gasteiger partial charge on any atom is 0.323 e. The van der Waals surface area contributed by atoms with Crippen LogP contribution in [-0.2, 0) is 16.8 Å². The summed E-state index contributed by atoms with van der Waals surface area (Å²) in [5.74, 6) is 0.447. The largest absolute Gasteiger partial charge is 0.323 e. The second-order valence-corrected chi connectivity index (χ2v) is 6.36. The number of hydrogen-bond acceptors (Lipinski definition) is 5. The molecular weight excluding hydrogens is 320 g/mol. The van der Waals surface area contributed by atoms with E-state index in [1.807, 2.05) is 0 Å². The molecule has 0 unspecified atom stereocenters. The van der Waals surface area contributed by atoms with Crippen molar-refractivity contribution in [2.24, 2.45) is 5.14 Å². The van der Waals surface area contributed by atoms with Gasteiger partial charge in [0, 0.05) is 18.2 Å². The lowest BCUT2D eigenvalue weighted by Gasteiger charge is -2.26. The molecule has 0 spiro atoms. The van der Waals surface area contributed by atoms with Crippen molar-refractivity contribution in [1.29, 1.82) is 0 Å². The van der Waals surface area contributed by atoms with Gasteiger partial charge in [0.2, 0.25) is 0 Å². The van der Waals surface area contributed by atoms with Gasteiger partial charge in [-0.15, -0.1) is 0 Å². The fourth-order valence-corrected chi connectivity index (χ4v) is 2.77. The second kappa shape index (κ2) is 5.48. The molecule has 0 atom stereocenters. The van der Waals surface area contributed by atoms with Gasteiger partial charge in [0.25, 0.3) is 10.2 Å². The van der Waals surface area contributed by atoms with Gasteiger partial charge in [0.05, 0.1) is 17.9 Å². The Hall–Kier alpha value is -2.72. The van der Waals surface area contributed by atoms with E-state index in [0.29, 0.717) is 29.3 Å². The molecule has 0 aliphatic carbocycles. The van der Waals surface area contributed by atoms with Crippen molar-refractivity contribution in [3.8, 4) is 11.3 Å². The summed E-state index contributed by atoms with van der Waals surface area (Å²) in [5.41, 5.74) is 2.37. The van der Waals surface area contributed by atoms with Gasteiger partial charge in [0.15, 0.2) is 0 Å². The Morgan fingerprint density at radius 3 is 2.87 bits per heavy atom. The molecule has 1 aliphatic heterocycles. The fourth-order valence-electron chi connectivity index (χ4n) is 2.32. The van der Waals surface area contributed by atoms with Crippen LogP contribution >= 0.6 is 0 Å². The Bertz CT molecular complexity index is 883. The van der Waals surface area contributed by atoms with Crippen molar-refractivity contribution in [2.75, 3.05) is 17.1 Å². The molecule has 120 valence electrons. The molecule has 4 N–H and O–H groups in total. The third-order valence-corrected chi connectivity index (χ3v) is 3.83. The number of nitrogens with two attached hydrogens (primary N) is 1. The minimum absolute atomic E-state index is 0.244. The molecule has 1 aromatic carbocycles. The number of fused-ring (bicyclic) bond motifs is 1. The van der Waals surface area contributed by atoms with Crippen LogP contribution in [0.4, 0.5) is 16.3 Å². The summed E-state index contributed by atoms with van der Waals surface area (Å²) in [4.78, 5) is 21.5. The molecule has 0 fully saturated rings. The standard InChI is InChI=1S/C13H14N6O3S/c1-19-6-10-11(15-7-16-12(10)17-13(19)20)8-3-2-4-9(5-8)18-23(14,21)22/h2-5,7,18H,6H2,1H3,(H2,14,21,22)(H,15,16,17,20). The van der Waals surface area contributed by atoms with Gasteiger partial charge in [-0.2, -0.15) is 8.42 Å². The van der Waals surface area contributed by atoms with E-state index in [9.17, 15) is 13.2 Å². The van der Waals surface area contributed by atoms with Gasteiger partial charge in [-0.3, -0.25) is 10.0 Å². The van der Waals surface area contributed by atoms with Gasteiger partial charge in [-0.05, 0) is 12.1 Å². The lowest BCUT2D eigenvalue weighted by molar-refractivity contribution is 0.218. The molecule has 2 aromatic rings. The zero-order valence-electron chi connectivity index (χ0n) is 12.1. The normalized spacial score (nSPS) is 14.2. The van der Waals surface area contributed by atoms with E-state index in [4.69, 9.17) is 5.14 Å². The van der Waals surface area contributed by atoms with Gasteiger partial charge < -0.3 is 4.90 Å². The van der Waals surface area contributed by atoms with Gasteiger partial charge in [-0.25, -0.2) is 19.9 Å². The van der Waals surface area contributed by atoms with Crippen LogP contribution in [0.25, 0.3) is 11.3 Å². The molecule has 1 aromatic heterocycles. The van der Waals surface area contributed by atoms with Crippen molar-refractivity contribution in [2.45, 2.75) is 6.54 Å². The molecule has 10 heteroatoms. The number of nitrogens with one attached hydrogen (secondary N) is 2. The molecule has 0 saturated heterocycles. The number of carbonyl (C=O) groups excluding carboxylic acids is 1. The SMILES string of the molecule is CN1Cc2c(ncnc2-c2cccc(NS(N)(=O)=O)c2)NC1=O. The Labute approximate surface area is 132 Å². The van der Waals surface area contributed by atoms with Crippen molar-refractivity contribution < 1.29 is 13.2 Å². The van der Waals surface area contributed by atoms with Gasteiger partial charge >= 0.3 is 6.03 Å². The second-order valence-electron chi connectivity index (χ2n) is 5.06. The molecule has 2 amide bonds. The fraction of sp³-hybridized carbons (Fsp3) is 0.154. The summed E-state index contributed by atoms with van der Waals surface area (Å²) >= 11 is 0. The first-order valence-corrected chi connectivity index (χ1v) is 8.15. The maximum absolute atomic E-state index is 11.7. The average Bonchev–Trinajstić information content (AvgIpc) is 2.46. The Morgan fingerprint density at radius 1 is 1.35 bits per heavy atom. The number of carbonyl (C=O) groups is 1. The number of nitrogens with zero attached hydrogens (tertiary/aromatic N) is 3. The molecule has 1 aliphatic rings. The highest BCUT2D eigenvalue weighted by atomic mass is 32.2. The third-order valence-electron chi connectivity index (χ3n) is 3.31.